The molecule has 2 saturated carbocycles. The second kappa shape index (κ2) is 14.6. The Balaban J connectivity index is 1.39. The van der Waals surface area contributed by atoms with Gasteiger partial charge < -0.3 is 16.0 Å². The third-order valence-electron chi connectivity index (χ3n) is 8.45. The van der Waals surface area contributed by atoms with E-state index in [1.165, 1.54) is 109 Å². The van der Waals surface area contributed by atoms with E-state index in [0.29, 0.717) is 16.9 Å². The molecule has 2 fully saturated rings. The van der Waals surface area contributed by atoms with Crippen LogP contribution in [0.5, 0.6) is 0 Å². The van der Waals surface area contributed by atoms with Gasteiger partial charge in [-0.3, -0.25) is 5.41 Å². The lowest BCUT2D eigenvalue weighted by Gasteiger charge is -2.41. The van der Waals surface area contributed by atoms with Gasteiger partial charge in [0.05, 0.1) is 0 Å². The molecule has 0 aromatic heterocycles. The summed E-state index contributed by atoms with van der Waals surface area (Å²) in [7, 11) is 0. The fraction of sp³-hybridized carbons (Fsp3) is 0.966. The first kappa shape index (κ1) is 28.5. The zero-order valence-corrected chi connectivity index (χ0v) is 22.8. The molecular formula is C29H58N4. The van der Waals surface area contributed by atoms with Crippen LogP contribution in [-0.2, 0) is 0 Å². The SMILES string of the molecule is CC1(C)CCCC(CCCCCCNCCCCCCN(C(=N)N)C2CCCC(C)(C)C2)C1. The van der Waals surface area contributed by atoms with Crippen LogP contribution >= 0.6 is 0 Å². The highest BCUT2D eigenvalue weighted by atomic mass is 15.2. The van der Waals surface area contributed by atoms with E-state index in [9.17, 15) is 0 Å². The van der Waals surface area contributed by atoms with Gasteiger partial charge in [0.15, 0.2) is 5.96 Å². The second-order valence-corrected chi connectivity index (χ2v) is 13.0. The van der Waals surface area contributed by atoms with Crippen molar-refractivity contribution in [2.75, 3.05) is 19.6 Å². The van der Waals surface area contributed by atoms with Gasteiger partial charge in [-0.25, -0.2) is 0 Å². The van der Waals surface area contributed by atoms with Crippen molar-refractivity contribution < 1.29 is 0 Å². The highest BCUT2D eigenvalue weighted by Crippen LogP contribution is 2.40. The predicted octanol–water partition coefficient (Wildman–Crippen LogP) is 7.47. The Morgan fingerprint density at radius 3 is 2.00 bits per heavy atom. The molecule has 2 aliphatic rings. The maximum atomic E-state index is 8.03. The summed E-state index contributed by atoms with van der Waals surface area (Å²) in [6.45, 7) is 13.0. The van der Waals surface area contributed by atoms with Gasteiger partial charge in [0.2, 0.25) is 0 Å². The normalized spacial score (nSPS) is 24.5. The lowest BCUT2D eigenvalue weighted by Crippen LogP contribution is -2.47. The standard InChI is InChI=1S/C29H58N4/c1-28(2)18-13-16-25(23-28)15-9-5-6-10-20-32-21-11-7-8-12-22-33(27(30)31)26-17-14-19-29(3,4)24-26/h25-26,32H,5-24H2,1-4H3,(H3,30,31). The van der Waals surface area contributed by atoms with Crippen molar-refractivity contribution in [3.05, 3.63) is 0 Å². The maximum absolute atomic E-state index is 8.03. The van der Waals surface area contributed by atoms with Gasteiger partial charge in [-0.2, -0.15) is 0 Å². The minimum Gasteiger partial charge on any atom is -0.370 e. The Hall–Kier alpha value is -0.770. The summed E-state index contributed by atoms with van der Waals surface area (Å²) in [6.07, 6.45) is 22.8. The molecule has 0 aromatic rings. The van der Waals surface area contributed by atoms with Gasteiger partial charge in [-0.15, -0.1) is 0 Å². The number of nitrogens with one attached hydrogen (secondary N) is 2. The average molecular weight is 463 g/mol. The lowest BCUT2D eigenvalue weighted by atomic mass is 9.71. The van der Waals surface area contributed by atoms with Crippen LogP contribution in [0.15, 0.2) is 0 Å². The van der Waals surface area contributed by atoms with Gasteiger partial charge in [-0.05, 0) is 81.2 Å². The molecule has 0 amide bonds. The van der Waals surface area contributed by atoms with E-state index in [-0.39, 0.29) is 5.96 Å². The topological polar surface area (TPSA) is 65.1 Å². The molecule has 0 bridgehead atoms. The van der Waals surface area contributed by atoms with Crippen molar-refractivity contribution >= 4 is 5.96 Å². The summed E-state index contributed by atoms with van der Waals surface area (Å²) in [5.74, 6) is 1.28. The number of nitrogens with two attached hydrogens (primary N) is 1. The number of guanidine groups is 1. The van der Waals surface area contributed by atoms with Crippen LogP contribution in [0.25, 0.3) is 0 Å². The Labute approximate surface area is 206 Å². The predicted molar refractivity (Wildman–Crippen MR) is 145 cm³/mol. The molecule has 4 nitrogen and oxygen atoms in total. The van der Waals surface area contributed by atoms with E-state index >= 15 is 0 Å². The minimum absolute atomic E-state index is 0.280. The fourth-order valence-corrected chi connectivity index (χ4v) is 6.57. The molecule has 0 radical (unpaired) electrons. The van der Waals surface area contributed by atoms with Gasteiger partial charge in [-0.1, -0.05) is 85.5 Å². The van der Waals surface area contributed by atoms with Crippen molar-refractivity contribution in [1.82, 2.24) is 10.2 Å². The van der Waals surface area contributed by atoms with Crippen LogP contribution < -0.4 is 11.1 Å². The first-order valence-electron chi connectivity index (χ1n) is 14.5. The average Bonchev–Trinajstić information content (AvgIpc) is 2.72. The van der Waals surface area contributed by atoms with E-state index in [1.807, 2.05) is 0 Å². The third-order valence-corrected chi connectivity index (χ3v) is 8.45. The highest BCUT2D eigenvalue weighted by Gasteiger charge is 2.32. The van der Waals surface area contributed by atoms with Crippen LogP contribution in [0.3, 0.4) is 0 Å². The molecule has 2 rings (SSSR count). The van der Waals surface area contributed by atoms with Crippen molar-refractivity contribution in [3.63, 3.8) is 0 Å². The van der Waals surface area contributed by atoms with Crippen LogP contribution in [-0.4, -0.2) is 36.5 Å². The number of rotatable bonds is 15. The van der Waals surface area contributed by atoms with Crippen molar-refractivity contribution in [2.24, 2.45) is 22.5 Å². The first-order chi connectivity index (χ1) is 15.7. The van der Waals surface area contributed by atoms with Gasteiger partial charge in [0.25, 0.3) is 0 Å². The molecule has 194 valence electrons. The minimum atomic E-state index is 0.280. The molecule has 0 aliphatic heterocycles. The van der Waals surface area contributed by atoms with Gasteiger partial charge in [0, 0.05) is 12.6 Å². The largest absolute Gasteiger partial charge is 0.370 e. The lowest BCUT2D eigenvalue weighted by molar-refractivity contribution is 0.139. The molecule has 0 heterocycles. The summed E-state index contributed by atoms with van der Waals surface area (Å²) < 4.78 is 0. The summed E-state index contributed by atoms with van der Waals surface area (Å²) in [5.41, 5.74) is 6.94. The van der Waals surface area contributed by atoms with E-state index in [2.05, 4.69) is 37.9 Å². The van der Waals surface area contributed by atoms with E-state index in [1.54, 1.807) is 0 Å². The summed E-state index contributed by atoms with van der Waals surface area (Å²) in [5, 5.41) is 11.7. The smallest absolute Gasteiger partial charge is 0.188 e. The third kappa shape index (κ3) is 12.0. The molecule has 0 saturated heterocycles. The highest BCUT2D eigenvalue weighted by molar-refractivity contribution is 5.75. The van der Waals surface area contributed by atoms with Gasteiger partial charge in [0.1, 0.15) is 0 Å². The zero-order valence-electron chi connectivity index (χ0n) is 22.8. The Morgan fingerprint density at radius 2 is 1.39 bits per heavy atom. The summed E-state index contributed by atoms with van der Waals surface area (Å²) in [4.78, 5) is 2.19. The van der Waals surface area contributed by atoms with Crippen molar-refractivity contribution in [2.45, 2.75) is 143 Å². The molecule has 2 atom stereocenters. The van der Waals surface area contributed by atoms with E-state index in [0.717, 1.165) is 25.4 Å². The zero-order chi connectivity index (χ0) is 24.2. The molecule has 2 aliphatic carbocycles. The Morgan fingerprint density at radius 1 is 0.818 bits per heavy atom. The van der Waals surface area contributed by atoms with Crippen molar-refractivity contribution in [3.8, 4) is 0 Å². The number of hydrogen-bond donors (Lipinski definition) is 3. The van der Waals surface area contributed by atoms with Gasteiger partial charge >= 0.3 is 0 Å². The van der Waals surface area contributed by atoms with Crippen LogP contribution in [0.1, 0.15) is 137 Å². The van der Waals surface area contributed by atoms with Crippen LogP contribution in [0.4, 0.5) is 0 Å². The fourth-order valence-electron chi connectivity index (χ4n) is 6.57. The summed E-state index contributed by atoms with van der Waals surface area (Å²) >= 11 is 0. The molecule has 0 spiro atoms. The van der Waals surface area contributed by atoms with Crippen LogP contribution in [0, 0.1) is 22.2 Å². The number of nitrogens with zero attached hydrogens (tertiary/aromatic N) is 1. The second-order valence-electron chi connectivity index (χ2n) is 13.0. The summed E-state index contributed by atoms with van der Waals surface area (Å²) in [6, 6.07) is 0.474. The quantitative estimate of drug-likeness (QED) is 0.134. The number of hydrogen-bond acceptors (Lipinski definition) is 2. The molecule has 4 N–H and O–H groups in total. The molecule has 0 aromatic carbocycles. The molecular weight excluding hydrogens is 404 g/mol. The van der Waals surface area contributed by atoms with E-state index < -0.39 is 0 Å². The molecule has 2 unspecified atom stereocenters. The van der Waals surface area contributed by atoms with Crippen molar-refractivity contribution in [1.29, 1.82) is 5.41 Å². The first-order valence-corrected chi connectivity index (χ1v) is 14.5. The van der Waals surface area contributed by atoms with E-state index in [4.69, 9.17) is 11.1 Å². The van der Waals surface area contributed by atoms with Crippen LogP contribution in [0.2, 0.25) is 0 Å². The monoisotopic (exact) mass is 462 g/mol. The molecule has 4 heteroatoms. The Bertz CT molecular complexity index is 542. The maximum Gasteiger partial charge on any atom is 0.188 e. The molecule has 33 heavy (non-hydrogen) atoms. The number of unbranched alkanes of at least 4 members (excludes halogenated alkanes) is 6. The Kier molecular flexibility index (Phi) is 12.6.